The first kappa shape index (κ1) is 10.7. The van der Waals surface area contributed by atoms with Gasteiger partial charge < -0.3 is 5.32 Å². The Morgan fingerprint density at radius 3 is 2.94 bits per heavy atom. The summed E-state index contributed by atoms with van der Waals surface area (Å²) in [6.07, 6.45) is 8.91. The van der Waals surface area contributed by atoms with E-state index < -0.39 is 0 Å². The van der Waals surface area contributed by atoms with Crippen LogP contribution in [0.1, 0.15) is 54.8 Å². The second-order valence-corrected chi connectivity index (χ2v) is 6.58. The molecule has 0 spiro atoms. The topological polar surface area (TPSA) is 24.9 Å². The first-order chi connectivity index (χ1) is 7.81. The van der Waals surface area contributed by atoms with Crippen LogP contribution in [0.25, 0.3) is 0 Å². The van der Waals surface area contributed by atoms with E-state index in [9.17, 15) is 0 Å². The SMILES string of the molecule is CC1CCC(c2ncc(CNC3CC3)s2)C1. The van der Waals surface area contributed by atoms with Gasteiger partial charge in [-0.3, -0.25) is 0 Å². The highest BCUT2D eigenvalue weighted by Gasteiger charge is 2.25. The summed E-state index contributed by atoms with van der Waals surface area (Å²) in [7, 11) is 0. The van der Waals surface area contributed by atoms with E-state index in [1.807, 2.05) is 11.3 Å². The molecule has 1 aromatic rings. The van der Waals surface area contributed by atoms with Crippen LogP contribution in [0.15, 0.2) is 6.20 Å². The Morgan fingerprint density at radius 2 is 2.25 bits per heavy atom. The zero-order valence-corrected chi connectivity index (χ0v) is 10.7. The quantitative estimate of drug-likeness (QED) is 0.867. The molecule has 0 bridgehead atoms. The minimum absolute atomic E-state index is 0.759. The standard InChI is InChI=1S/C13H20N2S/c1-9-2-3-10(6-9)13-15-8-12(16-13)7-14-11-4-5-11/h8-11,14H,2-7H2,1H3. The lowest BCUT2D eigenvalue weighted by molar-refractivity contribution is 0.595. The molecule has 3 rings (SSSR count). The smallest absolute Gasteiger partial charge is 0.0959 e. The minimum Gasteiger partial charge on any atom is -0.309 e. The van der Waals surface area contributed by atoms with E-state index >= 15 is 0 Å². The van der Waals surface area contributed by atoms with Gasteiger partial charge in [-0.2, -0.15) is 0 Å². The Bertz CT molecular complexity index is 357. The normalized spacial score (nSPS) is 29.8. The summed E-state index contributed by atoms with van der Waals surface area (Å²) in [5, 5.41) is 4.94. The van der Waals surface area contributed by atoms with Gasteiger partial charge in [0.25, 0.3) is 0 Å². The van der Waals surface area contributed by atoms with Crippen molar-refractivity contribution in [2.45, 2.75) is 57.5 Å². The third-order valence-corrected chi connectivity index (χ3v) is 4.92. The number of nitrogens with zero attached hydrogens (tertiary/aromatic N) is 1. The molecule has 2 fully saturated rings. The fraction of sp³-hybridized carbons (Fsp3) is 0.769. The van der Waals surface area contributed by atoms with Gasteiger partial charge in [-0.15, -0.1) is 11.3 Å². The van der Waals surface area contributed by atoms with Crippen LogP contribution in [-0.4, -0.2) is 11.0 Å². The van der Waals surface area contributed by atoms with Crippen LogP contribution in [0.3, 0.4) is 0 Å². The lowest BCUT2D eigenvalue weighted by Gasteiger charge is -2.04. The van der Waals surface area contributed by atoms with Crippen molar-refractivity contribution in [3.8, 4) is 0 Å². The van der Waals surface area contributed by atoms with Crippen molar-refractivity contribution in [3.05, 3.63) is 16.1 Å². The average Bonchev–Trinajstić information content (AvgIpc) is 2.81. The van der Waals surface area contributed by atoms with Gasteiger partial charge in [-0.05, 0) is 31.6 Å². The monoisotopic (exact) mass is 236 g/mol. The molecule has 2 atom stereocenters. The first-order valence-corrected chi connectivity index (χ1v) is 7.31. The second kappa shape index (κ2) is 4.46. The van der Waals surface area contributed by atoms with Crippen molar-refractivity contribution in [3.63, 3.8) is 0 Å². The third kappa shape index (κ3) is 2.46. The van der Waals surface area contributed by atoms with Gasteiger partial charge in [0, 0.05) is 29.6 Å². The van der Waals surface area contributed by atoms with E-state index in [4.69, 9.17) is 0 Å². The molecule has 0 aromatic carbocycles. The molecular weight excluding hydrogens is 216 g/mol. The van der Waals surface area contributed by atoms with Gasteiger partial charge in [0.05, 0.1) is 5.01 Å². The van der Waals surface area contributed by atoms with Crippen molar-refractivity contribution < 1.29 is 0 Å². The zero-order valence-electron chi connectivity index (χ0n) is 9.91. The molecule has 2 saturated carbocycles. The van der Waals surface area contributed by atoms with Crippen molar-refractivity contribution >= 4 is 11.3 Å². The fourth-order valence-electron chi connectivity index (χ4n) is 2.56. The van der Waals surface area contributed by atoms with E-state index in [-0.39, 0.29) is 0 Å². The number of hydrogen-bond acceptors (Lipinski definition) is 3. The maximum absolute atomic E-state index is 4.61. The van der Waals surface area contributed by atoms with Crippen LogP contribution in [0, 0.1) is 5.92 Å². The van der Waals surface area contributed by atoms with Crippen LogP contribution >= 0.6 is 11.3 Å². The molecule has 1 aromatic heterocycles. The Hall–Kier alpha value is -0.410. The molecule has 0 radical (unpaired) electrons. The molecule has 0 saturated heterocycles. The summed E-state index contributed by atoms with van der Waals surface area (Å²) in [5.74, 6) is 1.66. The molecule has 2 unspecified atom stereocenters. The molecule has 88 valence electrons. The Balaban J connectivity index is 1.58. The number of aromatic nitrogens is 1. The lowest BCUT2D eigenvalue weighted by atomic mass is 10.1. The number of thiazole rings is 1. The molecule has 16 heavy (non-hydrogen) atoms. The second-order valence-electron chi connectivity index (χ2n) is 5.44. The Morgan fingerprint density at radius 1 is 1.38 bits per heavy atom. The first-order valence-electron chi connectivity index (χ1n) is 6.49. The van der Waals surface area contributed by atoms with Crippen LogP contribution < -0.4 is 5.32 Å². The summed E-state index contributed by atoms with van der Waals surface area (Å²) < 4.78 is 0. The molecule has 2 nitrogen and oxygen atoms in total. The molecule has 0 aliphatic heterocycles. The van der Waals surface area contributed by atoms with Gasteiger partial charge in [0.15, 0.2) is 0 Å². The highest BCUT2D eigenvalue weighted by molar-refractivity contribution is 7.11. The Kier molecular flexibility index (Phi) is 2.99. The average molecular weight is 236 g/mol. The Labute approximate surface area is 101 Å². The fourth-order valence-corrected chi connectivity index (χ4v) is 3.57. The van der Waals surface area contributed by atoms with Gasteiger partial charge in [-0.1, -0.05) is 13.3 Å². The third-order valence-electron chi connectivity index (χ3n) is 3.76. The maximum atomic E-state index is 4.61. The van der Waals surface area contributed by atoms with Crippen LogP contribution in [0.4, 0.5) is 0 Å². The predicted octanol–water partition coefficient (Wildman–Crippen LogP) is 3.30. The largest absolute Gasteiger partial charge is 0.309 e. The van der Waals surface area contributed by atoms with E-state index in [0.29, 0.717) is 0 Å². The van der Waals surface area contributed by atoms with E-state index in [0.717, 1.165) is 24.4 Å². The zero-order chi connectivity index (χ0) is 11.0. The molecule has 2 aliphatic carbocycles. The molecule has 3 heteroatoms. The van der Waals surface area contributed by atoms with Crippen LogP contribution in [0.5, 0.6) is 0 Å². The highest BCUT2D eigenvalue weighted by Crippen LogP contribution is 2.39. The van der Waals surface area contributed by atoms with Crippen molar-refractivity contribution in [2.75, 3.05) is 0 Å². The molecule has 2 aliphatic rings. The highest BCUT2D eigenvalue weighted by atomic mass is 32.1. The summed E-state index contributed by atoms with van der Waals surface area (Å²) in [4.78, 5) is 6.03. The molecule has 1 heterocycles. The predicted molar refractivity (Wildman–Crippen MR) is 67.7 cm³/mol. The number of rotatable bonds is 4. The van der Waals surface area contributed by atoms with Crippen LogP contribution in [0.2, 0.25) is 0 Å². The summed E-state index contributed by atoms with van der Waals surface area (Å²) in [5.41, 5.74) is 0. The van der Waals surface area contributed by atoms with E-state index in [1.165, 1.54) is 42.0 Å². The van der Waals surface area contributed by atoms with Gasteiger partial charge in [-0.25, -0.2) is 4.98 Å². The van der Waals surface area contributed by atoms with Crippen LogP contribution in [-0.2, 0) is 6.54 Å². The van der Waals surface area contributed by atoms with E-state index in [2.05, 4.69) is 23.4 Å². The minimum atomic E-state index is 0.759. The summed E-state index contributed by atoms with van der Waals surface area (Å²) in [6, 6.07) is 0.803. The summed E-state index contributed by atoms with van der Waals surface area (Å²) in [6.45, 7) is 3.40. The molecular formula is C13H20N2S. The summed E-state index contributed by atoms with van der Waals surface area (Å²) >= 11 is 1.93. The maximum Gasteiger partial charge on any atom is 0.0959 e. The van der Waals surface area contributed by atoms with E-state index in [1.54, 1.807) is 0 Å². The number of nitrogens with one attached hydrogen (secondary N) is 1. The van der Waals surface area contributed by atoms with Gasteiger partial charge >= 0.3 is 0 Å². The van der Waals surface area contributed by atoms with Gasteiger partial charge in [0.1, 0.15) is 0 Å². The lowest BCUT2D eigenvalue weighted by Crippen LogP contribution is -2.14. The van der Waals surface area contributed by atoms with Crippen molar-refractivity contribution in [1.82, 2.24) is 10.3 Å². The molecule has 1 N–H and O–H groups in total. The molecule has 0 amide bonds. The van der Waals surface area contributed by atoms with Crippen molar-refractivity contribution in [1.29, 1.82) is 0 Å². The van der Waals surface area contributed by atoms with Gasteiger partial charge in [0.2, 0.25) is 0 Å². The number of hydrogen-bond donors (Lipinski definition) is 1. The van der Waals surface area contributed by atoms with Crippen molar-refractivity contribution in [2.24, 2.45) is 5.92 Å².